The highest BCUT2D eigenvalue weighted by Gasteiger charge is 2.24. The third-order valence-electron chi connectivity index (χ3n) is 3.34. The van der Waals surface area contributed by atoms with Crippen LogP contribution in [-0.2, 0) is 6.42 Å². The third-order valence-corrected chi connectivity index (χ3v) is 5.02. The number of piperazine rings is 1. The predicted octanol–water partition coefficient (Wildman–Crippen LogP) is 2.12. The lowest BCUT2D eigenvalue weighted by Crippen LogP contribution is -2.48. The number of nitrogens with zero attached hydrogens (tertiary/aromatic N) is 4. The minimum absolute atomic E-state index is 0.145. The average molecular weight is 308 g/mol. The zero-order valence-electron chi connectivity index (χ0n) is 11.3. The first-order valence-electron chi connectivity index (χ1n) is 6.68. The first-order chi connectivity index (χ1) is 9.78. The second-order valence-corrected chi connectivity index (χ2v) is 6.28. The number of amides is 1. The van der Waals surface area contributed by atoms with E-state index in [4.69, 9.17) is 0 Å². The molecule has 1 aliphatic rings. The second-order valence-electron chi connectivity index (χ2n) is 4.60. The van der Waals surface area contributed by atoms with Crippen LogP contribution in [0.3, 0.4) is 0 Å². The molecular weight excluding hydrogens is 292 g/mol. The molecule has 0 saturated carbocycles. The van der Waals surface area contributed by atoms with Gasteiger partial charge < -0.3 is 9.80 Å². The predicted molar refractivity (Wildman–Crippen MR) is 81.7 cm³/mol. The monoisotopic (exact) mass is 308 g/mol. The summed E-state index contributed by atoms with van der Waals surface area (Å²) in [5.74, 6) is 1.05. The molecule has 0 N–H and O–H groups in total. The Morgan fingerprint density at radius 1 is 1.35 bits per heavy atom. The van der Waals surface area contributed by atoms with Crippen LogP contribution >= 0.6 is 22.9 Å². The van der Waals surface area contributed by atoms with Crippen molar-refractivity contribution in [1.82, 2.24) is 14.3 Å². The fraction of sp³-hybridized carbons (Fsp3) is 0.462. The molecule has 20 heavy (non-hydrogen) atoms. The van der Waals surface area contributed by atoms with E-state index in [-0.39, 0.29) is 5.91 Å². The van der Waals surface area contributed by atoms with Crippen LogP contribution in [0.1, 0.15) is 22.4 Å². The summed E-state index contributed by atoms with van der Waals surface area (Å²) in [7, 11) is 0. The molecule has 106 valence electrons. The Kier molecular flexibility index (Phi) is 3.98. The second kappa shape index (κ2) is 5.88. The molecule has 0 aromatic carbocycles. The van der Waals surface area contributed by atoms with Gasteiger partial charge in [-0.2, -0.15) is 4.37 Å². The van der Waals surface area contributed by atoms with E-state index in [9.17, 15) is 4.79 Å². The summed E-state index contributed by atoms with van der Waals surface area (Å²) in [6, 6.07) is 3.80. The summed E-state index contributed by atoms with van der Waals surface area (Å²) in [5.41, 5.74) is 0. The number of carbonyl (C=O) groups is 1. The fourth-order valence-electron chi connectivity index (χ4n) is 2.17. The lowest BCUT2D eigenvalue weighted by atomic mass is 10.3. The maximum absolute atomic E-state index is 12.2. The van der Waals surface area contributed by atoms with Gasteiger partial charge in [-0.1, -0.05) is 13.0 Å². The van der Waals surface area contributed by atoms with Crippen molar-refractivity contribution in [2.45, 2.75) is 13.3 Å². The first-order valence-corrected chi connectivity index (χ1v) is 8.33. The van der Waals surface area contributed by atoms with Gasteiger partial charge in [0, 0.05) is 44.1 Å². The number of aryl methyl sites for hydroxylation is 1. The molecule has 1 amide bonds. The zero-order valence-corrected chi connectivity index (χ0v) is 12.9. The summed E-state index contributed by atoms with van der Waals surface area (Å²) < 4.78 is 4.31. The van der Waals surface area contributed by atoms with E-state index in [1.165, 1.54) is 22.9 Å². The van der Waals surface area contributed by atoms with Crippen molar-refractivity contribution in [3.8, 4) is 0 Å². The quantitative estimate of drug-likeness (QED) is 0.871. The molecule has 2 aromatic heterocycles. The van der Waals surface area contributed by atoms with Crippen LogP contribution in [0.25, 0.3) is 0 Å². The Balaban J connectivity index is 1.60. The van der Waals surface area contributed by atoms with Crippen LogP contribution in [0.5, 0.6) is 0 Å². The number of hydrogen-bond acceptors (Lipinski definition) is 6. The van der Waals surface area contributed by atoms with Crippen LogP contribution in [0, 0.1) is 0 Å². The standard InChI is InChI=1S/C13H16N4OS2/c1-2-11-14-13(20-15-11)17-7-5-16(6-8-17)12(18)10-4-3-9-19-10/h3-4,9H,2,5-8H2,1H3. The van der Waals surface area contributed by atoms with Crippen LogP contribution in [-0.4, -0.2) is 46.3 Å². The molecule has 0 bridgehead atoms. The van der Waals surface area contributed by atoms with Gasteiger partial charge in [-0.05, 0) is 11.4 Å². The normalized spacial score (nSPS) is 15.7. The Morgan fingerprint density at radius 2 is 2.15 bits per heavy atom. The highest BCUT2D eigenvalue weighted by Crippen LogP contribution is 2.20. The summed E-state index contributed by atoms with van der Waals surface area (Å²) in [4.78, 5) is 21.7. The highest BCUT2D eigenvalue weighted by atomic mass is 32.1. The average Bonchev–Trinajstić information content (AvgIpc) is 3.18. The maximum atomic E-state index is 12.2. The Morgan fingerprint density at radius 3 is 2.75 bits per heavy atom. The van der Waals surface area contributed by atoms with E-state index >= 15 is 0 Å². The molecule has 0 unspecified atom stereocenters. The number of anilines is 1. The molecule has 1 saturated heterocycles. The van der Waals surface area contributed by atoms with Crippen molar-refractivity contribution in [1.29, 1.82) is 0 Å². The minimum Gasteiger partial charge on any atom is -0.343 e. The summed E-state index contributed by atoms with van der Waals surface area (Å²) >= 11 is 2.95. The maximum Gasteiger partial charge on any atom is 0.264 e. The van der Waals surface area contributed by atoms with Gasteiger partial charge in [-0.15, -0.1) is 11.3 Å². The summed E-state index contributed by atoms with van der Waals surface area (Å²) in [5, 5.41) is 2.92. The molecule has 2 aromatic rings. The van der Waals surface area contributed by atoms with Crippen LogP contribution in [0.4, 0.5) is 5.13 Å². The van der Waals surface area contributed by atoms with Crippen LogP contribution in [0.2, 0.25) is 0 Å². The van der Waals surface area contributed by atoms with Gasteiger partial charge in [0.05, 0.1) is 4.88 Å². The van der Waals surface area contributed by atoms with Gasteiger partial charge in [0.1, 0.15) is 5.82 Å². The number of aromatic nitrogens is 2. The molecular formula is C13H16N4OS2. The van der Waals surface area contributed by atoms with Gasteiger partial charge in [0.25, 0.3) is 5.91 Å². The number of rotatable bonds is 3. The van der Waals surface area contributed by atoms with Crippen molar-refractivity contribution in [3.63, 3.8) is 0 Å². The van der Waals surface area contributed by atoms with Gasteiger partial charge in [0.15, 0.2) is 0 Å². The Bertz CT molecular complexity index is 573. The molecule has 0 spiro atoms. The van der Waals surface area contributed by atoms with Gasteiger partial charge in [-0.25, -0.2) is 4.98 Å². The molecule has 7 heteroatoms. The fourth-order valence-corrected chi connectivity index (χ4v) is 3.67. The van der Waals surface area contributed by atoms with E-state index in [1.54, 1.807) is 0 Å². The number of carbonyl (C=O) groups excluding carboxylic acids is 1. The SMILES string of the molecule is CCc1nsc(N2CCN(C(=O)c3cccs3)CC2)n1. The van der Waals surface area contributed by atoms with Crippen molar-refractivity contribution in [2.24, 2.45) is 0 Å². The lowest BCUT2D eigenvalue weighted by Gasteiger charge is -2.34. The van der Waals surface area contributed by atoms with E-state index in [2.05, 4.69) is 21.2 Å². The molecule has 0 aliphatic carbocycles. The van der Waals surface area contributed by atoms with E-state index in [0.717, 1.165) is 48.4 Å². The lowest BCUT2D eigenvalue weighted by molar-refractivity contribution is 0.0751. The van der Waals surface area contributed by atoms with Crippen LogP contribution < -0.4 is 4.90 Å². The number of thiophene rings is 1. The van der Waals surface area contributed by atoms with Crippen molar-refractivity contribution in [2.75, 3.05) is 31.1 Å². The Hall–Kier alpha value is -1.47. The van der Waals surface area contributed by atoms with Gasteiger partial charge in [-0.3, -0.25) is 4.79 Å². The van der Waals surface area contributed by atoms with Crippen molar-refractivity contribution < 1.29 is 4.79 Å². The highest BCUT2D eigenvalue weighted by molar-refractivity contribution is 7.12. The molecule has 0 radical (unpaired) electrons. The zero-order chi connectivity index (χ0) is 13.9. The first kappa shape index (κ1) is 13.5. The van der Waals surface area contributed by atoms with Gasteiger partial charge >= 0.3 is 0 Å². The Labute approximate surface area is 126 Å². The smallest absolute Gasteiger partial charge is 0.264 e. The van der Waals surface area contributed by atoms with Crippen molar-refractivity contribution in [3.05, 3.63) is 28.2 Å². The largest absolute Gasteiger partial charge is 0.343 e. The van der Waals surface area contributed by atoms with E-state index < -0.39 is 0 Å². The van der Waals surface area contributed by atoms with Crippen LogP contribution in [0.15, 0.2) is 17.5 Å². The molecule has 5 nitrogen and oxygen atoms in total. The summed E-state index contributed by atoms with van der Waals surface area (Å²) in [6.07, 6.45) is 0.868. The molecule has 1 aliphatic heterocycles. The molecule has 1 fully saturated rings. The minimum atomic E-state index is 0.145. The van der Waals surface area contributed by atoms with E-state index in [1.807, 2.05) is 22.4 Å². The molecule has 3 heterocycles. The molecule has 3 rings (SSSR count). The third kappa shape index (κ3) is 2.69. The summed E-state index contributed by atoms with van der Waals surface area (Å²) in [6.45, 7) is 5.21. The number of hydrogen-bond donors (Lipinski definition) is 0. The van der Waals surface area contributed by atoms with E-state index in [0.29, 0.717) is 0 Å². The van der Waals surface area contributed by atoms with Crippen molar-refractivity contribution >= 4 is 33.9 Å². The molecule has 0 atom stereocenters. The van der Waals surface area contributed by atoms with Gasteiger partial charge in [0.2, 0.25) is 5.13 Å². The topological polar surface area (TPSA) is 49.3 Å².